The van der Waals surface area contributed by atoms with Crippen molar-refractivity contribution in [3.8, 4) is 0 Å². The fraction of sp³-hybridized carbons (Fsp3) is 0.600. The van der Waals surface area contributed by atoms with E-state index < -0.39 is 11.9 Å². The Labute approximate surface area is 88.4 Å². The molecule has 0 aliphatic heterocycles. The maximum absolute atomic E-state index is 11.3. The first-order chi connectivity index (χ1) is 7.11. The molecule has 15 heavy (non-hydrogen) atoms. The first kappa shape index (κ1) is 13.6. The fourth-order valence-corrected chi connectivity index (χ4v) is 0.980. The zero-order valence-electron chi connectivity index (χ0n) is 8.73. The van der Waals surface area contributed by atoms with Crippen LogP contribution in [0.1, 0.15) is 26.2 Å². The molecular weight excluding hydrogens is 200 g/mol. The summed E-state index contributed by atoms with van der Waals surface area (Å²) in [6.45, 7) is 1.57. The van der Waals surface area contributed by atoms with Crippen molar-refractivity contribution < 1.29 is 24.5 Å². The van der Waals surface area contributed by atoms with Gasteiger partial charge in [0.25, 0.3) is 0 Å². The Morgan fingerprint density at radius 1 is 1.40 bits per heavy atom. The van der Waals surface area contributed by atoms with Gasteiger partial charge in [-0.3, -0.25) is 0 Å². The molecule has 0 saturated carbocycles. The Bertz CT molecular complexity index is 244. The van der Waals surface area contributed by atoms with Crippen LogP contribution in [-0.2, 0) is 14.3 Å². The second kappa shape index (κ2) is 7.99. The summed E-state index contributed by atoms with van der Waals surface area (Å²) in [4.78, 5) is 21.7. The van der Waals surface area contributed by atoms with Crippen LogP contribution in [0.2, 0.25) is 0 Å². The Morgan fingerprint density at radius 3 is 2.53 bits per heavy atom. The summed E-state index contributed by atoms with van der Waals surface area (Å²) in [6.07, 6.45) is 2.83. The van der Waals surface area contributed by atoms with Gasteiger partial charge in [0.15, 0.2) is 0 Å². The molecule has 0 rings (SSSR count). The molecule has 86 valence electrons. The van der Waals surface area contributed by atoms with Crippen molar-refractivity contribution in [2.45, 2.75) is 26.2 Å². The van der Waals surface area contributed by atoms with E-state index in [4.69, 9.17) is 10.2 Å². The molecule has 0 unspecified atom stereocenters. The number of aliphatic hydroxyl groups excluding tert-OH is 1. The van der Waals surface area contributed by atoms with Gasteiger partial charge in [-0.2, -0.15) is 0 Å². The number of hydrogen-bond donors (Lipinski definition) is 2. The number of ether oxygens (including phenoxy) is 1. The normalized spacial score (nSPS) is 11.2. The third-order valence-electron chi connectivity index (χ3n) is 1.68. The lowest BCUT2D eigenvalue weighted by atomic mass is 10.1. The summed E-state index contributed by atoms with van der Waals surface area (Å²) in [7, 11) is 0. The monoisotopic (exact) mass is 216 g/mol. The molecule has 0 radical (unpaired) electrons. The molecule has 0 aromatic carbocycles. The van der Waals surface area contributed by atoms with Gasteiger partial charge in [-0.15, -0.1) is 0 Å². The highest BCUT2D eigenvalue weighted by molar-refractivity contribution is 5.95. The Hall–Kier alpha value is -1.36. The molecule has 0 aliphatic carbocycles. The van der Waals surface area contributed by atoms with Crippen LogP contribution >= 0.6 is 0 Å². The molecule has 0 amide bonds. The van der Waals surface area contributed by atoms with Gasteiger partial charge < -0.3 is 14.9 Å². The van der Waals surface area contributed by atoms with E-state index in [0.717, 1.165) is 18.9 Å². The van der Waals surface area contributed by atoms with Crippen LogP contribution in [0.15, 0.2) is 11.6 Å². The predicted molar refractivity (Wildman–Crippen MR) is 53.3 cm³/mol. The lowest BCUT2D eigenvalue weighted by Gasteiger charge is -2.05. The maximum Gasteiger partial charge on any atom is 0.334 e. The number of aliphatic carboxylic acids is 1. The topological polar surface area (TPSA) is 83.8 Å². The first-order valence-corrected chi connectivity index (χ1v) is 4.83. The zero-order chi connectivity index (χ0) is 11.7. The lowest BCUT2D eigenvalue weighted by molar-refractivity contribution is -0.141. The van der Waals surface area contributed by atoms with Crippen molar-refractivity contribution in [1.29, 1.82) is 0 Å². The summed E-state index contributed by atoms with van der Waals surface area (Å²) in [6, 6.07) is 0. The van der Waals surface area contributed by atoms with E-state index in [2.05, 4.69) is 4.74 Å². The molecule has 5 nitrogen and oxygen atoms in total. The molecule has 0 heterocycles. The van der Waals surface area contributed by atoms with Gasteiger partial charge in [0, 0.05) is 11.6 Å². The van der Waals surface area contributed by atoms with E-state index >= 15 is 0 Å². The minimum absolute atomic E-state index is 0.109. The van der Waals surface area contributed by atoms with Gasteiger partial charge in [0.05, 0.1) is 6.61 Å². The van der Waals surface area contributed by atoms with Crippen LogP contribution < -0.4 is 0 Å². The number of carbonyl (C=O) groups is 2. The van der Waals surface area contributed by atoms with Gasteiger partial charge in [0.2, 0.25) is 0 Å². The minimum Gasteiger partial charge on any atom is -0.478 e. The van der Waals surface area contributed by atoms with Gasteiger partial charge >= 0.3 is 11.9 Å². The zero-order valence-corrected chi connectivity index (χ0v) is 8.73. The number of hydrogen-bond acceptors (Lipinski definition) is 4. The second-order valence-electron chi connectivity index (χ2n) is 2.97. The fourth-order valence-electron chi connectivity index (χ4n) is 0.980. The molecule has 5 heteroatoms. The molecule has 0 spiro atoms. The largest absolute Gasteiger partial charge is 0.478 e. The molecule has 0 saturated heterocycles. The van der Waals surface area contributed by atoms with E-state index in [9.17, 15) is 9.59 Å². The molecule has 0 aromatic heterocycles. The van der Waals surface area contributed by atoms with Crippen LogP contribution in [0.25, 0.3) is 0 Å². The number of rotatable bonds is 7. The molecule has 0 fully saturated rings. The second-order valence-corrected chi connectivity index (χ2v) is 2.97. The highest BCUT2D eigenvalue weighted by atomic mass is 16.5. The van der Waals surface area contributed by atoms with Gasteiger partial charge in [0.1, 0.15) is 6.61 Å². The minimum atomic E-state index is -1.16. The van der Waals surface area contributed by atoms with Crippen molar-refractivity contribution in [1.82, 2.24) is 0 Å². The van der Waals surface area contributed by atoms with Crippen LogP contribution in [0, 0.1) is 0 Å². The quantitative estimate of drug-likeness (QED) is 0.484. The van der Waals surface area contributed by atoms with E-state index in [1.807, 2.05) is 6.92 Å². The molecule has 0 bridgehead atoms. The van der Waals surface area contributed by atoms with Crippen molar-refractivity contribution >= 4 is 11.9 Å². The number of esters is 1. The molecule has 0 atom stereocenters. The van der Waals surface area contributed by atoms with Crippen molar-refractivity contribution in [2.75, 3.05) is 13.2 Å². The average Bonchev–Trinajstić information content (AvgIpc) is 2.20. The molecule has 0 aromatic rings. The predicted octanol–water partition coefficient (Wildman–Crippen LogP) is 0.723. The van der Waals surface area contributed by atoms with Crippen molar-refractivity contribution in [2.24, 2.45) is 0 Å². The molecular formula is C10H16O5. The number of unbranched alkanes of at least 4 members (excludes halogenated alkanes) is 1. The Balaban J connectivity index is 4.34. The molecule has 0 aliphatic rings. The summed E-state index contributed by atoms with van der Waals surface area (Å²) in [5.41, 5.74) is 0.137. The Morgan fingerprint density at radius 2 is 2.07 bits per heavy atom. The summed E-state index contributed by atoms with van der Waals surface area (Å²) >= 11 is 0. The van der Waals surface area contributed by atoms with E-state index in [1.165, 1.54) is 0 Å². The summed E-state index contributed by atoms with van der Waals surface area (Å²) < 4.78 is 4.63. The first-order valence-electron chi connectivity index (χ1n) is 4.83. The van der Waals surface area contributed by atoms with Crippen molar-refractivity contribution in [3.63, 3.8) is 0 Å². The van der Waals surface area contributed by atoms with Crippen LogP contribution in [0.3, 0.4) is 0 Å². The third kappa shape index (κ3) is 6.68. The van der Waals surface area contributed by atoms with Crippen LogP contribution in [0.4, 0.5) is 0 Å². The van der Waals surface area contributed by atoms with Crippen LogP contribution in [0.5, 0.6) is 0 Å². The standard InChI is InChI=1S/C10H16O5/c1-2-3-4-8(7-9(12)13)10(14)15-6-5-11/h7,11H,2-6H2,1H3,(H,12,13)/b8-7-. The number of carbonyl (C=O) groups excluding carboxylic acids is 1. The SMILES string of the molecule is CCCC/C(=C/C(=O)O)C(=O)OCCO. The smallest absolute Gasteiger partial charge is 0.334 e. The average molecular weight is 216 g/mol. The van der Waals surface area contributed by atoms with Crippen LogP contribution in [-0.4, -0.2) is 35.4 Å². The highest BCUT2D eigenvalue weighted by Gasteiger charge is 2.11. The summed E-state index contributed by atoms with van der Waals surface area (Å²) in [5.74, 6) is -1.83. The molecule has 2 N–H and O–H groups in total. The van der Waals surface area contributed by atoms with Gasteiger partial charge in [-0.25, -0.2) is 9.59 Å². The van der Waals surface area contributed by atoms with E-state index in [-0.39, 0.29) is 18.8 Å². The van der Waals surface area contributed by atoms with E-state index in [1.54, 1.807) is 0 Å². The Kier molecular flexibility index (Phi) is 7.27. The maximum atomic E-state index is 11.3. The third-order valence-corrected chi connectivity index (χ3v) is 1.68. The van der Waals surface area contributed by atoms with Gasteiger partial charge in [-0.1, -0.05) is 13.3 Å². The highest BCUT2D eigenvalue weighted by Crippen LogP contribution is 2.09. The number of carboxylic acid groups (broad SMARTS) is 1. The van der Waals surface area contributed by atoms with Gasteiger partial charge in [-0.05, 0) is 12.8 Å². The number of carboxylic acids is 1. The summed E-state index contributed by atoms with van der Waals surface area (Å²) in [5, 5.41) is 17.0. The lowest BCUT2D eigenvalue weighted by Crippen LogP contribution is -2.12. The van der Waals surface area contributed by atoms with Crippen molar-refractivity contribution in [3.05, 3.63) is 11.6 Å². The van der Waals surface area contributed by atoms with E-state index in [0.29, 0.717) is 6.42 Å². The number of aliphatic hydroxyl groups is 1.